The molecule has 4 aliphatic rings. The number of ether oxygens (including phenoxy) is 1. The highest BCUT2D eigenvalue weighted by atomic mass is 16.5. The van der Waals surface area contributed by atoms with Crippen LogP contribution in [0.1, 0.15) is 51.4 Å². The smallest absolute Gasteiger partial charge is 0.249 e. The van der Waals surface area contributed by atoms with Crippen molar-refractivity contribution in [1.82, 2.24) is 9.80 Å². The van der Waals surface area contributed by atoms with Gasteiger partial charge < -0.3 is 14.5 Å². The van der Waals surface area contributed by atoms with Crippen LogP contribution in [0.25, 0.3) is 0 Å². The van der Waals surface area contributed by atoms with E-state index in [0.29, 0.717) is 17.4 Å². The van der Waals surface area contributed by atoms with Gasteiger partial charge in [-0.3, -0.25) is 4.79 Å². The van der Waals surface area contributed by atoms with E-state index in [4.69, 9.17) is 4.74 Å². The summed E-state index contributed by atoms with van der Waals surface area (Å²) in [5.41, 5.74) is 1.49. The summed E-state index contributed by atoms with van der Waals surface area (Å²) >= 11 is 0. The molecule has 0 aromatic heterocycles. The number of carbonyl (C=O) groups is 1. The maximum atomic E-state index is 12.6. The number of allylic oxidation sites excluding steroid dienone is 1. The second-order valence-electron chi connectivity index (χ2n) is 8.67. The van der Waals surface area contributed by atoms with Gasteiger partial charge in [0.15, 0.2) is 0 Å². The van der Waals surface area contributed by atoms with Crippen LogP contribution in [-0.4, -0.2) is 61.6 Å². The number of hydrogen-bond acceptors (Lipinski definition) is 3. The quantitative estimate of drug-likeness (QED) is 0.776. The first kappa shape index (κ1) is 16.6. The second-order valence-corrected chi connectivity index (χ2v) is 8.67. The lowest BCUT2D eigenvalue weighted by Gasteiger charge is -2.39. The molecule has 1 unspecified atom stereocenters. The average Bonchev–Trinajstić information content (AvgIpc) is 3.14. The Hall–Kier alpha value is -0.870. The molecular formula is C20H32N2O2. The van der Waals surface area contributed by atoms with Gasteiger partial charge in [-0.15, -0.1) is 0 Å². The van der Waals surface area contributed by atoms with Gasteiger partial charge in [0.2, 0.25) is 5.91 Å². The van der Waals surface area contributed by atoms with E-state index in [2.05, 4.69) is 22.9 Å². The van der Waals surface area contributed by atoms with Crippen molar-refractivity contribution in [2.24, 2.45) is 11.3 Å². The van der Waals surface area contributed by atoms with Crippen molar-refractivity contribution in [3.63, 3.8) is 0 Å². The van der Waals surface area contributed by atoms with Crippen LogP contribution >= 0.6 is 0 Å². The SMILES string of the molecule is CN1CC2(CCN(C(=O)C3=CCCC3)CC2)CC1COCC1CC1. The van der Waals surface area contributed by atoms with E-state index in [0.717, 1.165) is 69.9 Å². The zero-order valence-corrected chi connectivity index (χ0v) is 15.1. The highest BCUT2D eigenvalue weighted by Gasteiger charge is 2.45. The fourth-order valence-corrected chi connectivity index (χ4v) is 4.83. The molecule has 134 valence electrons. The number of carbonyl (C=O) groups excluding carboxylic acids is 1. The van der Waals surface area contributed by atoms with Gasteiger partial charge in [-0.25, -0.2) is 0 Å². The van der Waals surface area contributed by atoms with E-state index in [-0.39, 0.29) is 0 Å². The molecule has 1 amide bonds. The Morgan fingerprint density at radius 1 is 1.29 bits per heavy atom. The first-order valence-corrected chi connectivity index (χ1v) is 9.92. The van der Waals surface area contributed by atoms with Gasteiger partial charge in [0, 0.05) is 37.9 Å². The predicted octanol–water partition coefficient (Wildman–Crippen LogP) is 2.84. The molecule has 1 saturated carbocycles. The third-order valence-electron chi connectivity index (χ3n) is 6.66. The average molecular weight is 332 g/mol. The molecule has 0 bridgehead atoms. The van der Waals surface area contributed by atoms with Crippen molar-refractivity contribution < 1.29 is 9.53 Å². The standard InChI is InChI=1S/C20H32N2O2/c1-21-15-20(12-18(21)14-24-13-16-6-7-16)8-10-22(11-9-20)19(23)17-4-2-3-5-17/h4,16,18H,2-3,5-15H2,1H3. The van der Waals surface area contributed by atoms with Crippen LogP contribution in [0.3, 0.4) is 0 Å². The Kier molecular flexibility index (Phi) is 4.70. The molecular weight excluding hydrogens is 300 g/mol. The van der Waals surface area contributed by atoms with E-state index in [1.54, 1.807) is 0 Å². The third-order valence-corrected chi connectivity index (χ3v) is 6.66. The predicted molar refractivity (Wildman–Crippen MR) is 94.8 cm³/mol. The summed E-state index contributed by atoms with van der Waals surface area (Å²) in [4.78, 5) is 17.2. The Morgan fingerprint density at radius 2 is 2.08 bits per heavy atom. The lowest BCUT2D eigenvalue weighted by molar-refractivity contribution is -0.129. The molecule has 0 aromatic carbocycles. The van der Waals surface area contributed by atoms with E-state index >= 15 is 0 Å². The summed E-state index contributed by atoms with van der Waals surface area (Å²) in [6.07, 6.45) is 11.7. The number of amides is 1. The third kappa shape index (κ3) is 3.55. The van der Waals surface area contributed by atoms with Gasteiger partial charge in [0.05, 0.1) is 6.61 Å². The molecule has 0 radical (unpaired) electrons. The highest BCUT2D eigenvalue weighted by molar-refractivity contribution is 5.93. The Bertz CT molecular complexity index is 504. The number of rotatable bonds is 5. The molecule has 3 fully saturated rings. The summed E-state index contributed by atoms with van der Waals surface area (Å²) in [6.45, 7) is 4.92. The molecule has 2 aliphatic heterocycles. The molecule has 0 aromatic rings. The highest BCUT2D eigenvalue weighted by Crippen LogP contribution is 2.43. The van der Waals surface area contributed by atoms with Crippen LogP contribution < -0.4 is 0 Å². The Balaban J connectivity index is 1.27. The first-order chi connectivity index (χ1) is 11.7. The van der Waals surface area contributed by atoms with Crippen molar-refractivity contribution in [3.05, 3.63) is 11.6 Å². The molecule has 4 nitrogen and oxygen atoms in total. The monoisotopic (exact) mass is 332 g/mol. The lowest BCUT2D eigenvalue weighted by atomic mass is 9.76. The van der Waals surface area contributed by atoms with Gasteiger partial charge in [-0.2, -0.15) is 0 Å². The van der Waals surface area contributed by atoms with Gasteiger partial charge in [-0.05, 0) is 69.7 Å². The molecule has 0 N–H and O–H groups in total. The minimum absolute atomic E-state index is 0.318. The topological polar surface area (TPSA) is 32.8 Å². The van der Waals surface area contributed by atoms with Gasteiger partial charge in [-0.1, -0.05) is 6.08 Å². The number of likely N-dealkylation sites (N-methyl/N-ethyl adjacent to an activating group) is 1. The summed E-state index contributed by atoms with van der Waals surface area (Å²) in [7, 11) is 2.25. The summed E-state index contributed by atoms with van der Waals surface area (Å²) in [5.74, 6) is 1.17. The van der Waals surface area contributed by atoms with E-state index in [9.17, 15) is 4.79 Å². The van der Waals surface area contributed by atoms with Crippen LogP contribution in [0.5, 0.6) is 0 Å². The van der Waals surface area contributed by atoms with Crippen LogP contribution in [0.2, 0.25) is 0 Å². The maximum Gasteiger partial charge on any atom is 0.249 e. The van der Waals surface area contributed by atoms with Crippen molar-refractivity contribution >= 4 is 5.91 Å². The number of likely N-dealkylation sites (tertiary alicyclic amines) is 2. The van der Waals surface area contributed by atoms with Gasteiger partial charge in [0.1, 0.15) is 0 Å². The molecule has 1 atom stereocenters. The maximum absolute atomic E-state index is 12.6. The van der Waals surface area contributed by atoms with Crippen molar-refractivity contribution in [1.29, 1.82) is 0 Å². The van der Waals surface area contributed by atoms with Crippen molar-refractivity contribution in [2.75, 3.05) is 39.9 Å². The van der Waals surface area contributed by atoms with Crippen LogP contribution in [0.15, 0.2) is 11.6 Å². The fraction of sp³-hybridized carbons (Fsp3) is 0.850. The van der Waals surface area contributed by atoms with Crippen LogP contribution in [0.4, 0.5) is 0 Å². The number of nitrogens with zero attached hydrogens (tertiary/aromatic N) is 2. The Morgan fingerprint density at radius 3 is 2.75 bits per heavy atom. The molecule has 1 spiro atoms. The minimum Gasteiger partial charge on any atom is -0.380 e. The van der Waals surface area contributed by atoms with E-state index in [1.807, 2.05) is 0 Å². The lowest BCUT2D eigenvalue weighted by Crippen LogP contribution is -2.44. The van der Waals surface area contributed by atoms with Gasteiger partial charge >= 0.3 is 0 Å². The molecule has 4 heteroatoms. The normalized spacial score (nSPS) is 30.1. The summed E-state index contributed by atoms with van der Waals surface area (Å²) < 4.78 is 5.96. The molecule has 2 aliphatic carbocycles. The molecule has 4 rings (SSSR count). The second kappa shape index (κ2) is 6.80. The fourth-order valence-electron chi connectivity index (χ4n) is 4.83. The summed E-state index contributed by atoms with van der Waals surface area (Å²) in [6, 6.07) is 0.573. The molecule has 2 heterocycles. The van der Waals surface area contributed by atoms with E-state index in [1.165, 1.54) is 25.8 Å². The molecule has 24 heavy (non-hydrogen) atoms. The summed E-state index contributed by atoms with van der Waals surface area (Å²) in [5, 5.41) is 0. The largest absolute Gasteiger partial charge is 0.380 e. The van der Waals surface area contributed by atoms with Gasteiger partial charge in [0.25, 0.3) is 0 Å². The van der Waals surface area contributed by atoms with Crippen molar-refractivity contribution in [3.8, 4) is 0 Å². The zero-order chi connectivity index (χ0) is 16.6. The zero-order valence-electron chi connectivity index (χ0n) is 15.1. The molecule has 2 saturated heterocycles. The van der Waals surface area contributed by atoms with Crippen LogP contribution in [0, 0.1) is 11.3 Å². The minimum atomic E-state index is 0.318. The van der Waals surface area contributed by atoms with E-state index < -0.39 is 0 Å². The Labute approximate surface area is 146 Å². The first-order valence-electron chi connectivity index (χ1n) is 9.92. The number of piperidine rings is 1. The van der Waals surface area contributed by atoms with Crippen LogP contribution in [-0.2, 0) is 9.53 Å². The van der Waals surface area contributed by atoms with Crippen molar-refractivity contribution in [2.45, 2.75) is 57.4 Å². The number of hydrogen-bond donors (Lipinski definition) is 0.